The number of fused-ring (bicyclic) bond motifs is 1. The van der Waals surface area contributed by atoms with E-state index < -0.39 is 0 Å². The number of alkyl carbamates (subject to hydrolysis) is 1. The van der Waals surface area contributed by atoms with E-state index in [9.17, 15) is 4.79 Å². The first kappa shape index (κ1) is 85.7. The van der Waals surface area contributed by atoms with Crippen LogP contribution < -0.4 is 22.2 Å². The second-order valence-electron chi connectivity index (χ2n) is 20.8. The fourth-order valence-electron chi connectivity index (χ4n) is 9.08. The Balaban J connectivity index is 1.13. The van der Waals surface area contributed by atoms with Gasteiger partial charge in [0.05, 0.1) is 317 Å². The van der Waals surface area contributed by atoms with Gasteiger partial charge in [-0.25, -0.2) is 10.2 Å². The summed E-state index contributed by atoms with van der Waals surface area (Å²) in [5.74, 6) is 0.890. The molecule has 0 bridgehead atoms. The Morgan fingerprint density at radius 3 is 0.826 bits per heavy atom. The molecule has 30 nitrogen and oxygen atoms in total. The molecule has 3 atom stereocenters. The average molecular weight is 1340 g/mol. The maximum atomic E-state index is 11.6. The molecule has 0 saturated heterocycles. The Bertz CT molecular complexity index is 1600. The smallest absolute Gasteiger partial charge is 0.406 e. The minimum absolute atomic E-state index is 0.167. The van der Waals surface area contributed by atoms with E-state index in [1.165, 1.54) is 0 Å². The number of hydrazine groups is 1. The third-order valence-corrected chi connectivity index (χ3v) is 14.2. The molecule has 0 aromatic carbocycles. The van der Waals surface area contributed by atoms with Crippen LogP contribution in [-0.4, -0.2) is 349 Å². The van der Waals surface area contributed by atoms with Gasteiger partial charge in [0.2, 0.25) is 0 Å². The summed E-state index contributed by atoms with van der Waals surface area (Å²) in [7, 11) is 3.48. The SMILES string of the molecule is CNC(=O)OC[C@H]1C2CC/C(N(CCOCCOCCOCCOCCOCCOCCOCCOCCOCCOCCOCCOCCOCCOCCOCCOCCOCCOCCOCCOCCOCCOCCOCCN)NC)=C(/N)CCC21C. The molecular weight excluding hydrogens is 1210 g/mol. The van der Waals surface area contributed by atoms with Crippen LogP contribution in [0, 0.1) is 17.3 Å². The van der Waals surface area contributed by atoms with Crippen LogP contribution in [0.3, 0.4) is 0 Å². The highest BCUT2D eigenvalue weighted by atomic mass is 16.6. The highest BCUT2D eigenvalue weighted by Crippen LogP contribution is 2.64. The van der Waals surface area contributed by atoms with Crippen LogP contribution in [0.25, 0.3) is 0 Å². The number of carbonyl (C=O) groups is 1. The number of rotatable bonds is 75. The number of nitrogens with two attached hydrogens (primary N) is 2. The van der Waals surface area contributed by atoms with Crippen LogP contribution in [0.5, 0.6) is 0 Å². The molecule has 2 aliphatic rings. The van der Waals surface area contributed by atoms with Crippen molar-refractivity contribution in [3.8, 4) is 0 Å². The molecule has 6 N–H and O–H groups in total. The minimum Gasteiger partial charge on any atom is -0.449 e. The molecule has 0 heterocycles. The summed E-state index contributed by atoms with van der Waals surface area (Å²) in [6, 6.07) is 0. The number of nitrogens with zero attached hydrogens (tertiary/aromatic N) is 1. The molecule has 1 fully saturated rings. The Morgan fingerprint density at radius 2 is 0.609 bits per heavy atom. The van der Waals surface area contributed by atoms with E-state index in [0.29, 0.717) is 335 Å². The zero-order valence-corrected chi connectivity index (χ0v) is 56.4. The highest BCUT2D eigenvalue weighted by molar-refractivity contribution is 5.66. The maximum absolute atomic E-state index is 11.6. The molecule has 0 radical (unpaired) electrons. The van der Waals surface area contributed by atoms with Crippen LogP contribution in [0.4, 0.5) is 4.79 Å². The van der Waals surface area contributed by atoms with Crippen molar-refractivity contribution >= 4 is 6.09 Å². The van der Waals surface area contributed by atoms with E-state index in [1.54, 1.807) is 7.05 Å². The van der Waals surface area contributed by atoms with Gasteiger partial charge in [-0.1, -0.05) is 6.92 Å². The molecule has 0 aromatic heterocycles. The van der Waals surface area contributed by atoms with Crippen molar-refractivity contribution in [1.82, 2.24) is 15.8 Å². The lowest BCUT2D eigenvalue weighted by atomic mass is 9.92. The lowest BCUT2D eigenvalue weighted by Gasteiger charge is -2.30. The molecule has 92 heavy (non-hydrogen) atoms. The monoisotopic (exact) mass is 1340 g/mol. The van der Waals surface area contributed by atoms with Crippen molar-refractivity contribution in [2.24, 2.45) is 28.7 Å². The highest BCUT2D eigenvalue weighted by Gasteiger charge is 2.60. The van der Waals surface area contributed by atoms with Crippen LogP contribution in [0.2, 0.25) is 0 Å². The van der Waals surface area contributed by atoms with Crippen LogP contribution in [-0.2, 0) is 114 Å². The first-order valence-electron chi connectivity index (χ1n) is 33.2. The van der Waals surface area contributed by atoms with E-state index >= 15 is 0 Å². The largest absolute Gasteiger partial charge is 0.449 e. The van der Waals surface area contributed by atoms with Crippen LogP contribution >= 0.6 is 0 Å². The van der Waals surface area contributed by atoms with Crippen molar-refractivity contribution in [1.29, 1.82) is 0 Å². The summed E-state index contributed by atoms with van der Waals surface area (Å²) in [5.41, 5.74) is 17.4. The normalized spacial score (nSPS) is 17.3. The fourth-order valence-corrected chi connectivity index (χ4v) is 9.08. The molecule has 1 amide bonds. The number of ether oxygens (including phenoxy) is 24. The number of hydrogen-bond donors (Lipinski definition) is 4. The summed E-state index contributed by atoms with van der Waals surface area (Å²) in [5, 5.41) is 4.62. The molecule has 2 rings (SSSR count). The van der Waals surface area contributed by atoms with E-state index in [0.717, 1.165) is 37.1 Å². The molecule has 2 unspecified atom stereocenters. The van der Waals surface area contributed by atoms with Gasteiger partial charge < -0.3 is 135 Å². The molecule has 30 heteroatoms. The van der Waals surface area contributed by atoms with Crippen molar-refractivity contribution < 1.29 is 118 Å². The van der Waals surface area contributed by atoms with Crippen LogP contribution in [0.15, 0.2) is 11.4 Å². The lowest BCUT2D eigenvalue weighted by Crippen LogP contribution is -2.39. The summed E-state index contributed by atoms with van der Waals surface area (Å²) < 4.78 is 133. The van der Waals surface area contributed by atoms with Gasteiger partial charge in [0, 0.05) is 38.0 Å². The van der Waals surface area contributed by atoms with Gasteiger partial charge in [-0.05, 0) is 37.0 Å². The molecule has 546 valence electrons. The first-order chi connectivity index (χ1) is 45.5. The molecule has 0 aliphatic heterocycles. The van der Waals surface area contributed by atoms with Crippen molar-refractivity contribution in [3.05, 3.63) is 11.4 Å². The lowest BCUT2D eigenvalue weighted by molar-refractivity contribution is -0.0319. The zero-order valence-electron chi connectivity index (χ0n) is 56.4. The molecular formula is C62H123N5O25. The van der Waals surface area contributed by atoms with Gasteiger partial charge in [-0.15, -0.1) is 0 Å². The fraction of sp³-hybridized carbons (Fsp3) is 0.952. The summed E-state index contributed by atoms with van der Waals surface area (Å²) in [6.45, 7) is 26.6. The van der Waals surface area contributed by atoms with Crippen LogP contribution in [0.1, 0.15) is 32.6 Å². The summed E-state index contributed by atoms with van der Waals surface area (Å²) in [6.07, 6.45) is 3.30. The Morgan fingerprint density at radius 1 is 0.380 bits per heavy atom. The standard InChI is InChI=1S/C62H123N5O25/c1-62-7-6-59(64)60(5-4-57(62)58(62)56-92-61(68)65-2)67(66-3)9-11-70-13-15-72-17-19-74-21-23-76-25-27-78-29-31-80-33-35-82-37-39-84-41-43-86-45-47-88-49-51-90-53-55-91-54-52-89-50-48-87-46-44-85-42-40-83-38-36-81-34-32-79-30-28-77-26-24-75-22-20-73-18-16-71-14-12-69-10-8-63/h57-58,66H,4-56,63-64H2,1-3H3,(H,65,68)/b60-59-/t57?,58-,62?/m0/s1. The predicted molar refractivity (Wildman–Crippen MR) is 339 cm³/mol. The predicted octanol–water partition coefficient (Wildman–Crippen LogP) is 1.12. The Labute approximate surface area is 549 Å². The van der Waals surface area contributed by atoms with E-state index in [2.05, 4.69) is 22.7 Å². The van der Waals surface area contributed by atoms with E-state index in [1.807, 2.05) is 7.05 Å². The third kappa shape index (κ3) is 52.8. The van der Waals surface area contributed by atoms with Crippen molar-refractivity contribution in [3.63, 3.8) is 0 Å². The second-order valence-corrected chi connectivity index (χ2v) is 20.8. The van der Waals surface area contributed by atoms with Crippen molar-refractivity contribution in [2.45, 2.75) is 32.6 Å². The molecule has 2 aliphatic carbocycles. The van der Waals surface area contributed by atoms with Gasteiger partial charge in [0.15, 0.2) is 0 Å². The number of nitrogens with one attached hydrogen (secondary N) is 2. The molecule has 0 spiro atoms. The maximum Gasteiger partial charge on any atom is 0.406 e. The van der Waals surface area contributed by atoms with E-state index in [-0.39, 0.29) is 11.5 Å². The molecule has 0 aromatic rings. The topological polar surface area (TPSA) is 318 Å². The van der Waals surface area contributed by atoms with Crippen molar-refractivity contribution in [2.75, 3.05) is 338 Å². The van der Waals surface area contributed by atoms with Gasteiger partial charge in [-0.3, -0.25) is 0 Å². The van der Waals surface area contributed by atoms with Gasteiger partial charge in [0.1, 0.15) is 0 Å². The number of allylic oxidation sites excluding steroid dienone is 2. The summed E-state index contributed by atoms with van der Waals surface area (Å²) >= 11 is 0. The number of carbonyl (C=O) groups excluding carboxylic acids is 1. The Kier molecular flexibility index (Phi) is 62.6. The Hall–Kier alpha value is -2.39. The third-order valence-electron chi connectivity index (χ3n) is 14.2. The number of amides is 1. The second kappa shape index (κ2) is 67.2. The minimum atomic E-state index is -0.378. The molecule has 1 saturated carbocycles. The number of hydrogen-bond acceptors (Lipinski definition) is 29. The zero-order chi connectivity index (χ0) is 65.8. The van der Waals surface area contributed by atoms with E-state index in [4.69, 9.17) is 125 Å². The van der Waals surface area contributed by atoms with Gasteiger partial charge >= 0.3 is 6.09 Å². The first-order valence-corrected chi connectivity index (χ1v) is 33.2. The average Bonchev–Trinajstić information content (AvgIpc) is 1.57. The van der Waals surface area contributed by atoms with Gasteiger partial charge in [-0.2, -0.15) is 0 Å². The summed E-state index contributed by atoms with van der Waals surface area (Å²) in [4.78, 5) is 11.6. The quantitative estimate of drug-likeness (QED) is 0.0490. The van der Waals surface area contributed by atoms with Gasteiger partial charge in [0.25, 0.3) is 0 Å².